The van der Waals surface area contributed by atoms with E-state index in [-0.39, 0.29) is 12.0 Å². The molecule has 0 radical (unpaired) electrons. The summed E-state index contributed by atoms with van der Waals surface area (Å²) in [7, 11) is 0. The summed E-state index contributed by atoms with van der Waals surface area (Å²) in [5.41, 5.74) is 1.70. The standard InChI is InChI=1S/C17H18N8O/c1-10(2)14(16-23-15(24-26-16)12-4-6-18-7-5-12)22-13-8-11(3)21-17-19-9-20-25(13)17/h4-10,14,22H,1-3H3. The van der Waals surface area contributed by atoms with E-state index in [4.69, 9.17) is 4.52 Å². The van der Waals surface area contributed by atoms with Crippen LogP contribution in [0.15, 0.2) is 41.4 Å². The minimum Gasteiger partial charge on any atom is -0.358 e. The summed E-state index contributed by atoms with van der Waals surface area (Å²) < 4.78 is 7.19. The summed E-state index contributed by atoms with van der Waals surface area (Å²) in [4.78, 5) is 17.1. The first-order valence-corrected chi connectivity index (χ1v) is 8.30. The fourth-order valence-corrected chi connectivity index (χ4v) is 2.69. The average molecular weight is 350 g/mol. The molecule has 0 aliphatic carbocycles. The predicted molar refractivity (Wildman–Crippen MR) is 94.2 cm³/mol. The third-order valence-electron chi connectivity index (χ3n) is 4.00. The van der Waals surface area contributed by atoms with Crippen molar-refractivity contribution in [3.8, 4) is 11.4 Å². The maximum absolute atomic E-state index is 5.53. The van der Waals surface area contributed by atoms with Crippen molar-refractivity contribution in [2.45, 2.75) is 26.8 Å². The normalized spacial score (nSPS) is 12.6. The van der Waals surface area contributed by atoms with E-state index < -0.39 is 0 Å². The van der Waals surface area contributed by atoms with Gasteiger partial charge in [-0.1, -0.05) is 19.0 Å². The number of aromatic nitrogens is 7. The topological polar surface area (TPSA) is 107 Å². The number of hydrogen-bond donors (Lipinski definition) is 1. The van der Waals surface area contributed by atoms with Crippen LogP contribution in [-0.2, 0) is 0 Å². The number of nitrogens with zero attached hydrogens (tertiary/aromatic N) is 7. The van der Waals surface area contributed by atoms with E-state index in [9.17, 15) is 0 Å². The van der Waals surface area contributed by atoms with Crippen LogP contribution in [-0.4, -0.2) is 34.7 Å². The molecule has 0 bridgehead atoms. The Morgan fingerprint density at radius 3 is 2.73 bits per heavy atom. The summed E-state index contributed by atoms with van der Waals surface area (Å²) in [6, 6.07) is 5.42. The molecule has 26 heavy (non-hydrogen) atoms. The van der Waals surface area contributed by atoms with E-state index in [0.717, 1.165) is 17.1 Å². The highest BCUT2D eigenvalue weighted by Crippen LogP contribution is 2.27. The van der Waals surface area contributed by atoms with E-state index in [2.05, 4.69) is 49.4 Å². The van der Waals surface area contributed by atoms with Gasteiger partial charge in [0.05, 0.1) is 0 Å². The molecule has 0 aliphatic heterocycles. The van der Waals surface area contributed by atoms with Gasteiger partial charge in [-0.25, -0.2) is 4.98 Å². The summed E-state index contributed by atoms with van der Waals surface area (Å²) in [5.74, 6) is 2.55. The van der Waals surface area contributed by atoms with Gasteiger partial charge in [0.2, 0.25) is 11.7 Å². The Morgan fingerprint density at radius 2 is 1.96 bits per heavy atom. The van der Waals surface area contributed by atoms with Gasteiger partial charge in [-0.15, -0.1) is 0 Å². The van der Waals surface area contributed by atoms with Crippen LogP contribution in [0.4, 0.5) is 5.82 Å². The summed E-state index contributed by atoms with van der Waals surface area (Å²) in [5, 5.41) is 11.8. The third kappa shape index (κ3) is 2.99. The molecule has 4 heterocycles. The molecule has 0 fully saturated rings. The van der Waals surface area contributed by atoms with Gasteiger partial charge in [-0.3, -0.25) is 4.98 Å². The Balaban J connectivity index is 1.68. The molecule has 9 heteroatoms. The molecule has 4 aromatic heterocycles. The van der Waals surface area contributed by atoms with Crippen molar-refractivity contribution in [2.75, 3.05) is 5.32 Å². The van der Waals surface area contributed by atoms with Crippen LogP contribution >= 0.6 is 0 Å². The lowest BCUT2D eigenvalue weighted by atomic mass is 10.0. The number of nitrogens with one attached hydrogen (secondary N) is 1. The molecule has 4 rings (SSSR count). The minimum absolute atomic E-state index is 0.188. The first-order chi connectivity index (χ1) is 12.6. The van der Waals surface area contributed by atoms with Crippen molar-refractivity contribution in [1.82, 2.24) is 34.7 Å². The van der Waals surface area contributed by atoms with Crippen LogP contribution in [0.1, 0.15) is 31.5 Å². The van der Waals surface area contributed by atoms with Gasteiger partial charge in [0.1, 0.15) is 18.2 Å². The molecule has 1 N–H and O–H groups in total. The molecule has 0 saturated carbocycles. The van der Waals surface area contributed by atoms with Crippen molar-refractivity contribution >= 4 is 11.6 Å². The monoisotopic (exact) mass is 350 g/mol. The van der Waals surface area contributed by atoms with Crippen molar-refractivity contribution in [2.24, 2.45) is 5.92 Å². The first kappa shape index (κ1) is 16.1. The van der Waals surface area contributed by atoms with Crippen LogP contribution in [0.3, 0.4) is 0 Å². The lowest BCUT2D eigenvalue weighted by Gasteiger charge is -2.20. The fraction of sp³-hybridized carbons (Fsp3) is 0.294. The molecule has 1 atom stereocenters. The van der Waals surface area contributed by atoms with Crippen molar-refractivity contribution in [3.05, 3.63) is 48.5 Å². The molecular weight excluding hydrogens is 332 g/mol. The lowest BCUT2D eigenvalue weighted by molar-refractivity contribution is 0.335. The lowest BCUT2D eigenvalue weighted by Crippen LogP contribution is -2.19. The molecule has 0 saturated heterocycles. The fourth-order valence-electron chi connectivity index (χ4n) is 2.69. The van der Waals surface area contributed by atoms with Gasteiger partial charge < -0.3 is 9.84 Å². The number of rotatable bonds is 5. The van der Waals surface area contributed by atoms with E-state index in [1.807, 2.05) is 25.1 Å². The smallest absolute Gasteiger partial charge is 0.254 e. The molecule has 9 nitrogen and oxygen atoms in total. The zero-order chi connectivity index (χ0) is 18.1. The van der Waals surface area contributed by atoms with Crippen LogP contribution in [0, 0.1) is 12.8 Å². The van der Waals surface area contributed by atoms with E-state index >= 15 is 0 Å². The number of hydrogen-bond acceptors (Lipinski definition) is 8. The average Bonchev–Trinajstić information content (AvgIpc) is 3.29. The Bertz CT molecular complexity index is 1020. The molecular formula is C17H18N8O. The summed E-state index contributed by atoms with van der Waals surface area (Å²) in [6.07, 6.45) is 4.88. The van der Waals surface area contributed by atoms with Crippen molar-refractivity contribution in [3.63, 3.8) is 0 Å². The molecule has 0 spiro atoms. The maximum atomic E-state index is 5.53. The zero-order valence-corrected chi connectivity index (χ0v) is 14.7. The Kier molecular flexibility index (Phi) is 4.04. The number of anilines is 1. The third-order valence-corrected chi connectivity index (χ3v) is 4.00. The molecule has 132 valence electrons. The molecule has 0 aliphatic rings. The quantitative estimate of drug-likeness (QED) is 0.585. The second-order valence-corrected chi connectivity index (χ2v) is 6.31. The van der Waals surface area contributed by atoms with E-state index in [1.165, 1.54) is 6.33 Å². The van der Waals surface area contributed by atoms with E-state index in [1.54, 1.807) is 16.9 Å². The van der Waals surface area contributed by atoms with E-state index in [0.29, 0.717) is 17.5 Å². The van der Waals surface area contributed by atoms with Crippen molar-refractivity contribution < 1.29 is 4.52 Å². The minimum atomic E-state index is -0.188. The van der Waals surface area contributed by atoms with Gasteiger partial charge in [0.15, 0.2) is 0 Å². The van der Waals surface area contributed by atoms with Crippen LogP contribution in [0.2, 0.25) is 0 Å². The van der Waals surface area contributed by atoms with Gasteiger partial charge in [-0.05, 0) is 25.0 Å². The largest absolute Gasteiger partial charge is 0.358 e. The molecule has 4 aromatic rings. The molecule has 0 aromatic carbocycles. The highest BCUT2D eigenvalue weighted by Gasteiger charge is 2.24. The highest BCUT2D eigenvalue weighted by atomic mass is 16.5. The predicted octanol–water partition coefficient (Wildman–Crippen LogP) is 2.69. The number of fused-ring (bicyclic) bond motifs is 1. The van der Waals surface area contributed by atoms with Gasteiger partial charge in [0, 0.05) is 29.7 Å². The Morgan fingerprint density at radius 1 is 1.15 bits per heavy atom. The van der Waals surface area contributed by atoms with Gasteiger partial charge in [-0.2, -0.15) is 19.6 Å². The van der Waals surface area contributed by atoms with Crippen LogP contribution in [0.25, 0.3) is 17.2 Å². The second-order valence-electron chi connectivity index (χ2n) is 6.31. The van der Waals surface area contributed by atoms with Crippen molar-refractivity contribution in [1.29, 1.82) is 0 Å². The number of aryl methyl sites for hydroxylation is 1. The molecule has 0 amide bonds. The first-order valence-electron chi connectivity index (χ1n) is 8.30. The summed E-state index contributed by atoms with van der Waals surface area (Å²) in [6.45, 7) is 6.08. The van der Waals surface area contributed by atoms with Crippen LogP contribution < -0.4 is 5.32 Å². The van der Waals surface area contributed by atoms with Crippen LogP contribution in [0.5, 0.6) is 0 Å². The summed E-state index contributed by atoms with van der Waals surface area (Å²) >= 11 is 0. The maximum Gasteiger partial charge on any atom is 0.254 e. The second kappa shape index (κ2) is 6.51. The Hall–Kier alpha value is -3.36. The SMILES string of the molecule is Cc1cc(NC(c2nc(-c3ccncc3)no2)C(C)C)n2ncnc2n1. The van der Waals surface area contributed by atoms with Gasteiger partial charge >= 0.3 is 0 Å². The number of pyridine rings is 1. The van der Waals surface area contributed by atoms with Gasteiger partial charge in [0.25, 0.3) is 5.78 Å². The highest BCUT2D eigenvalue weighted by molar-refractivity contribution is 5.53. The molecule has 1 unspecified atom stereocenters. The Labute approximate surface area is 149 Å². The zero-order valence-electron chi connectivity index (χ0n) is 14.7.